The third kappa shape index (κ3) is 5.10. The summed E-state index contributed by atoms with van der Waals surface area (Å²) in [5, 5.41) is 4.97. The van der Waals surface area contributed by atoms with Crippen LogP contribution in [0.2, 0.25) is 5.02 Å². The zero-order valence-corrected chi connectivity index (χ0v) is 14.7. The molecule has 0 radical (unpaired) electrons. The van der Waals surface area contributed by atoms with Crippen molar-refractivity contribution in [2.75, 3.05) is 5.43 Å². The van der Waals surface area contributed by atoms with Gasteiger partial charge in [-0.05, 0) is 47.9 Å². The number of anilines is 1. The van der Waals surface area contributed by atoms with E-state index in [2.05, 4.69) is 10.5 Å². The lowest BCUT2D eigenvalue weighted by Crippen LogP contribution is -1.96. The molecule has 0 aromatic heterocycles. The lowest BCUT2D eigenvalue weighted by molar-refractivity contribution is 0.306. The maximum Gasteiger partial charge on any atom is 0.120 e. The van der Waals surface area contributed by atoms with Gasteiger partial charge in [0.1, 0.15) is 12.4 Å². The summed E-state index contributed by atoms with van der Waals surface area (Å²) in [5.41, 5.74) is 6.97. The van der Waals surface area contributed by atoms with Crippen LogP contribution in [0.3, 0.4) is 0 Å². The number of aryl methyl sites for hydroxylation is 1. The second-order valence-corrected chi connectivity index (χ2v) is 6.09. The van der Waals surface area contributed by atoms with Crippen LogP contribution >= 0.6 is 11.6 Å². The molecule has 3 aromatic rings. The van der Waals surface area contributed by atoms with E-state index in [0.29, 0.717) is 6.61 Å². The highest BCUT2D eigenvalue weighted by Gasteiger charge is 1.98. The van der Waals surface area contributed by atoms with Crippen molar-refractivity contribution in [1.82, 2.24) is 0 Å². The van der Waals surface area contributed by atoms with E-state index >= 15 is 0 Å². The third-order valence-electron chi connectivity index (χ3n) is 3.69. The molecular weight excluding hydrogens is 332 g/mol. The van der Waals surface area contributed by atoms with Crippen LogP contribution in [0.5, 0.6) is 5.75 Å². The first-order valence-electron chi connectivity index (χ1n) is 8.03. The fraction of sp³-hybridized carbons (Fsp3) is 0.0952. The first-order chi connectivity index (χ1) is 12.2. The first-order valence-corrected chi connectivity index (χ1v) is 8.40. The molecule has 0 bridgehead atoms. The van der Waals surface area contributed by atoms with Gasteiger partial charge in [0.2, 0.25) is 0 Å². The van der Waals surface area contributed by atoms with Crippen LogP contribution in [-0.2, 0) is 6.61 Å². The van der Waals surface area contributed by atoms with Crippen molar-refractivity contribution < 1.29 is 4.74 Å². The maximum atomic E-state index is 6.11. The van der Waals surface area contributed by atoms with E-state index < -0.39 is 0 Å². The molecule has 25 heavy (non-hydrogen) atoms. The topological polar surface area (TPSA) is 33.6 Å². The number of hydrogen-bond donors (Lipinski definition) is 1. The summed E-state index contributed by atoms with van der Waals surface area (Å²) in [7, 11) is 0. The lowest BCUT2D eigenvalue weighted by Gasteiger charge is -2.07. The molecule has 0 aliphatic carbocycles. The molecule has 0 atom stereocenters. The van der Waals surface area contributed by atoms with Gasteiger partial charge in [-0.25, -0.2) is 0 Å². The fourth-order valence-electron chi connectivity index (χ4n) is 2.27. The van der Waals surface area contributed by atoms with Crippen molar-refractivity contribution in [3.8, 4) is 5.75 Å². The summed E-state index contributed by atoms with van der Waals surface area (Å²) in [5.74, 6) is 0.811. The Labute approximate surface area is 152 Å². The SMILES string of the molecule is Cc1ccc(NN=Cc2cccc(OCc3ccccc3)c2)cc1Cl. The summed E-state index contributed by atoms with van der Waals surface area (Å²) < 4.78 is 5.83. The Morgan fingerprint density at radius 2 is 1.84 bits per heavy atom. The zero-order valence-electron chi connectivity index (χ0n) is 13.9. The van der Waals surface area contributed by atoms with Crippen LogP contribution in [0.15, 0.2) is 77.9 Å². The van der Waals surface area contributed by atoms with E-state index in [1.807, 2.05) is 79.7 Å². The van der Waals surface area contributed by atoms with Crippen molar-refractivity contribution in [2.24, 2.45) is 5.10 Å². The summed E-state index contributed by atoms with van der Waals surface area (Å²) in [6, 6.07) is 23.7. The van der Waals surface area contributed by atoms with Gasteiger partial charge in [-0.1, -0.05) is 60.1 Å². The highest BCUT2D eigenvalue weighted by Crippen LogP contribution is 2.20. The fourth-order valence-corrected chi connectivity index (χ4v) is 2.45. The predicted octanol–water partition coefficient (Wildman–Crippen LogP) is 5.67. The van der Waals surface area contributed by atoms with Gasteiger partial charge in [0.25, 0.3) is 0 Å². The average Bonchev–Trinajstić information content (AvgIpc) is 2.64. The number of halogens is 1. The predicted molar refractivity (Wildman–Crippen MR) is 105 cm³/mol. The van der Waals surface area contributed by atoms with Gasteiger partial charge in [-0.2, -0.15) is 5.10 Å². The Morgan fingerprint density at radius 1 is 1.00 bits per heavy atom. The second-order valence-electron chi connectivity index (χ2n) is 5.68. The van der Waals surface area contributed by atoms with Crippen molar-refractivity contribution in [3.05, 3.63) is 94.5 Å². The Hall–Kier alpha value is -2.78. The number of nitrogens with one attached hydrogen (secondary N) is 1. The van der Waals surface area contributed by atoms with Gasteiger partial charge in [-0.3, -0.25) is 5.43 Å². The van der Waals surface area contributed by atoms with Crippen LogP contribution in [-0.4, -0.2) is 6.21 Å². The standard InChI is InChI=1S/C21H19ClN2O/c1-16-10-11-19(13-21(16)22)24-23-14-18-8-5-9-20(12-18)25-15-17-6-3-2-4-7-17/h2-14,24H,15H2,1H3. The van der Waals surface area contributed by atoms with Gasteiger partial charge in [0.05, 0.1) is 11.9 Å². The van der Waals surface area contributed by atoms with Crippen molar-refractivity contribution in [2.45, 2.75) is 13.5 Å². The van der Waals surface area contributed by atoms with Gasteiger partial charge < -0.3 is 4.74 Å². The second kappa shape index (κ2) is 8.36. The molecule has 0 saturated heterocycles. The Kier molecular flexibility index (Phi) is 5.70. The summed E-state index contributed by atoms with van der Waals surface area (Å²) in [6.07, 6.45) is 1.75. The van der Waals surface area contributed by atoms with E-state index in [0.717, 1.165) is 33.1 Å². The van der Waals surface area contributed by atoms with E-state index in [9.17, 15) is 0 Å². The molecule has 0 aliphatic heterocycles. The molecule has 3 rings (SSSR count). The molecule has 4 heteroatoms. The number of benzene rings is 3. The smallest absolute Gasteiger partial charge is 0.120 e. The Bertz CT molecular complexity index is 863. The van der Waals surface area contributed by atoms with Gasteiger partial charge in [-0.15, -0.1) is 0 Å². The van der Waals surface area contributed by atoms with Crippen molar-refractivity contribution in [1.29, 1.82) is 0 Å². The van der Waals surface area contributed by atoms with Crippen molar-refractivity contribution in [3.63, 3.8) is 0 Å². The first kappa shape index (κ1) is 17.1. The molecule has 0 heterocycles. The molecule has 0 unspecified atom stereocenters. The largest absolute Gasteiger partial charge is 0.489 e. The summed E-state index contributed by atoms with van der Waals surface area (Å²) >= 11 is 6.11. The molecule has 3 aromatic carbocycles. The van der Waals surface area contributed by atoms with Crippen LogP contribution < -0.4 is 10.2 Å². The molecule has 0 spiro atoms. The zero-order chi connectivity index (χ0) is 17.5. The van der Waals surface area contributed by atoms with E-state index in [1.165, 1.54) is 0 Å². The number of nitrogens with zero attached hydrogens (tertiary/aromatic N) is 1. The normalized spacial score (nSPS) is 10.8. The van der Waals surface area contributed by atoms with Gasteiger partial charge in [0.15, 0.2) is 0 Å². The highest BCUT2D eigenvalue weighted by molar-refractivity contribution is 6.31. The van der Waals surface area contributed by atoms with Gasteiger partial charge >= 0.3 is 0 Å². The van der Waals surface area contributed by atoms with Crippen LogP contribution in [0.25, 0.3) is 0 Å². The molecule has 0 aliphatic rings. The van der Waals surface area contributed by atoms with E-state index in [4.69, 9.17) is 16.3 Å². The van der Waals surface area contributed by atoms with E-state index in [1.54, 1.807) is 6.21 Å². The van der Waals surface area contributed by atoms with Crippen LogP contribution in [0.1, 0.15) is 16.7 Å². The number of hydrogen-bond acceptors (Lipinski definition) is 3. The lowest BCUT2D eigenvalue weighted by atomic mass is 10.2. The molecule has 0 amide bonds. The third-order valence-corrected chi connectivity index (χ3v) is 4.09. The molecule has 126 valence electrons. The highest BCUT2D eigenvalue weighted by atomic mass is 35.5. The van der Waals surface area contributed by atoms with Crippen molar-refractivity contribution >= 4 is 23.5 Å². The monoisotopic (exact) mass is 350 g/mol. The number of ether oxygens (including phenoxy) is 1. The van der Waals surface area contributed by atoms with Gasteiger partial charge in [0, 0.05) is 5.02 Å². The molecule has 1 N–H and O–H groups in total. The summed E-state index contributed by atoms with van der Waals surface area (Å²) in [6.45, 7) is 2.51. The summed E-state index contributed by atoms with van der Waals surface area (Å²) in [4.78, 5) is 0. The van der Waals surface area contributed by atoms with Crippen LogP contribution in [0, 0.1) is 6.92 Å². The minimum absolute atomic E-state index is 0.543. The molecular formula is C21H19ClN2O. The molecule has 0 fully saturated rings. The Balaban J connectivity index is 1.60. The number of rotatable bonds is 6. The number of hydrazone groups is 1. The minimum Gasteiger partial charge on any atom is -0.489 e. The maximum absolute atomic E-state index is 6.11. The molecule has 0 saturated carbocycles. The van der Waals surface area contributed by atoms with E-state index in [-0.39, 0.29) is 0 Å². The average molecular weight is 351 g/mol. The Morgan fingerprint density at radius 3 is 2.64 bits per heavy atom. The quantitative estimate of drug-likeness (QED) is 0.458. The molecule has 3 nitrogen and oxygen atoms in total. The van der Waals surface area contributed by atoms with Crippen LogP contribution in [0.4, 0.5) is 5.69 Å². The minimum atomic E-state index is 0.543.